The quantitative estimate of drug-likeness (QED) is 0.125. The summed E-state index contributed by atoms with van der Waals surface area (Å²) in [5, 5.41) is 14.9. The summed E-state index contributed by atoms with van der Waals surface area (Å²) in [4.78, 5) is 38.9. The number of benzene rings is 4. The zero-order valence-corrected chi connectivity index (χ0v) is 24.5. The third-order valence-electron chi connectivity index (χ3n) is 8.43. The fourth-order valence-corrected chi connectivity index (χ4v) is 6.48. The number of nitrogens with zero attached hydrogens (tertiary/aromatic N) is 2. The summed E-state index contributed by atoms with van der Waals surface area (Å²) in [5.41, 5.74) is 8.11. The number of allylic oxidation sites excluding steroid dienone is 2. The molecule has 8 nitrogen and oxygen atoms in total. The van der Waals surface area contributed by atoms with E-state index in [4.69, 9.17) is 4.74 Å². The Labute approximate surface area is 259 Å². The second kappa shape index (κ2) is 10.9. The highest BCUT2D eigenvalue weighted by Gasteiger charge is 2.44. The fraction of sp³-hybridized carbons (Fsp3) is 0.0811. The Morgan fingerprint density at radius 1 is 0.844 bits per heavy atom. The molecule has 5 aromatic rings. The van der Waals surface area contributed by atoms with Gasteiger partial charge in [-0.2, -0.15) is 0 Å². The molecule has 0 amide bonds. The highest BCUT2D eigenvalue weighted by Crippen LogP contribution is 2.51. The summed E-state index contributed by atoms with van der Waals surface area (Å²) in [6.45, 7) is 1.82. The molecule has 1 aliphatic carbocycles. The Balaban J connectivity index is 1.59. The summed E-state index contributed by atoms with van der Waals surface area (Å²) < 4.78 is 7.36. The molecule has 0 fully saturated rings. The number of esters is 1. The van der Waals surface area contributed by atoms with Gasteiger partial charge in [0.05, 0.1) is 40.6 Å². The van der Waals surface area contributed by atoms with Gasteiger partial charge in [0.2, 0.25) is 0 Å². The maximum absolute atomic E-state index is 14.2. The molecule has 0 unspecified atom stereocenters. The maximum Gasteiger partial charge on any atom is 0.336 e. The third kappa shape index (κ3) is 4.46. The van der Waals surface area contributed by atoms with Crippen molar-refractivity contribution in [2.75, 3.05) is 7.11 Å². The molecular formula is C37H27N3O5. The van der Waals surface area contributed by atoms with Crippen molar-refractivity contribution < 1.29 is 19.2 Å². The minimum atomic E-state index is -0.773. The number of dihydropyridines is 1. The first-order valence-corrected chi connectivity index (χ1v) is 14.4. The summed E-state index contributed by atoms with van der Waals surface area (Å²) in [7, 11) is 1.34. The van der Waals surface area contributed by atoms with Gasteiger partial charge in [0.1, 0.15) is 0 Å². The minimum Gasteiger partial charge on any atom is -0.466 e. The van der Waals surface area contributed by atoms with Crippen LogP contribution in [-0.2, 0) is 9.53 Å². The number of nitro benzene ring substituents is 1. The van der Waals surface area contributed by atoms with Crippen molar-refractivity contribution in [2.24, 2.45) is 0 Å². The Hall–Kier alpha value is -6.02. The van der Waals surface area contributed by atoms with Gasteiger partial charge in [-0.15, -0.1) is 0 Å². The second-order valence-electron chi connectivity index (χ2n) is 10.9. The van der Waals surface area contributed by atoms with Crippen LogP contribution in [0.15, 0.2) is 132 Å². The van der Waals surface area contributed by atoms with Crippen LogP contribution in [0.2, 0.25) is 0 Å². The number of carbonyl (C=O) groups is 2. The molecule has 0 bridgehead atoms. The number of rotatable bonds is 6. The Morgan fingerprint density at radius 3 is 2.07 bits per heavy atom. The lowest BCUT2D eigenvalue weighted by Gasteiger charge is -2.29. The number of methoxy groups -OCH3 is 1. The van der Waals surface area contributed by atoms with E-state index in [1.54, 1.807) is 18.2 Å². The first-order valence-electron chi connectivity index (χ1n) is 14.4. The number of carbonyl (C=O) groups excluding carboxylic acids is 2. The van der Waals surface area contributed by atoms with Gasteiger partial charge in [-0.05, 0) is 41.8 Å². The molecule has 0 saturated carbocycles. The molecule has 0 radical (unpaired) electrons. The van der Waals surface area contributed by atoms with Gasteiger partial charge in [-0.3, -0.25) is 14.9 Å². The van der Waals surface area contributed by atoms with Gasteiger partial charge in [0, 0.05) is 40.2 Å². The van der Waals surface area contributed by atoms with E-state index in [0.717, 1.165) is 33.6 Å². The van der Waals surface area contributed by atoms with Gasteiger partial charge in [0.25, 0.3) is 5.69 Å². The van der Waals surface area contributed by atoms with Crippen LogP contribution in [0.4, 0.5) is 5.69 Å². The maximum atomic E-state index is 14.2. The Morgan fingerprint density at radius 2 is 1.44 bits per heavy atom. The lowest BCUT2D eigenvalue weighted by Crippen LogP contribution is -2.29. The number of Topliss-reactive ketones (excluding diaryl/α,β-unsaturated/α-hetero) is 1. The molecule has 1 aromatic heterocycles. The van der Waals surface area contributed by atoms with Crippen molar-refractivity contribution in [2.45, 2.75) is 12.8 Å². The summed E-state index contributed by atoms with van der Waals surface area (Å²) in [6.07, 6.45) is 0. The molecule has 0 spiro atoms. The molecule has 1 aliphatic heterocycles. The molecule has 45 heavy (non-hydrogen) atoms. The molecule has 1 atom stereocenters. The summed E-state index contributed by atoms with van der Waals surface area (Å²) in [5.74, 6) is -1.47. The third-order valence-corrected chi connectivity index (χ3v) is 8.43. The van der Waals surface area contributed by atoms with Crippen LogP contribution in [-0.4, -0.2) is 28.4 Å². The van der Waals surface area contributed by atoms with Crippen molar-refractivity contribution in [1.29, 1.82) is 0 Å². The highest BCUT2D eigenvalue weighted by molar-refractivity contribution is 6.23. The van der Waals surface area contributed by atoms with Crippen LogP contribution in [0.3, 0.4) is 0 Å². The molecule has 220 valence electrons. The van der Waals surface area contributed by atoms with E-state index >= 15 is 0 Å². The first-order chi connectivity index (χ1) is 21.9. The average molecular weight is 594 g/mol. The highest BCUT2D eigenvalue weighted by atomic mass is 16.6. The molecule has 0 saturated heterocycles. The topological polar surface area (TPSA) is 103 Å². The van der Waals surface area contributed by atoms with Crippen LogP contribution in [0, 0.1) is 10.1 Å². The van der Waals surface area contributed by atoms with E-state index in [2.05, 4.69) is 5.32 Å². The van der Waals surface area contributed by atoms with Gasteiger partial charge >= 0.3 is 5.97 Å². The standard InChI is InChI=1S/C37H27N3O5/c1-22-31(37(42)45-2)32(33-34(38-22)27-15-9-10-16-28(27)36(33)41)29-21-30(23-11-5-3-6-12-23)39(35(29)24-13-7-4-8-14-24)25-17-19-26(20-18-25)40(43)44/h3-21,32,38H,1-2H3/t32-/m0/s1. The minimum absolute atomic E-state index is 0.0253. The van der Waals surface area contributed by atoms with E-state index in [-0.39, 0.29) is 11.5 Å². The second-order valence-corrected chi connectivity index (χ2v) is 10.9. The number of non-ortho nitro benzene ring substituents is 1. The number of hydrogen-bond donors (Lipinski definition) is 1. The van der Waals surface area contributed by atoms with Gasteiger partial charge in [0.15, 0.2) is 5.78 Å². The smallest absolute Gasteiger partial charge is 0.336 e. The van der Waals surface area contributed by atoms with Crippen LogP contribution in [0.5, 0.6) is 0 Å². The van der Waals surface area contributed by atoms with Crippen molar-refractivity contribution in [3.8, 4) is 28.2 Å². The number of ether oxygens (including phenoxy) is 1. The predicted octanol–water partition coefficient (Wildman–Crippen LogP) is 7.46. The largest absolute Gasteiger partial charge is 0.466 e. The van der Waals surface area contributed by atoms with Crippen LogP contribution in [0.25, 0.3) is 33.9 Å². The van der Waals surface area contributed by atoms with Gasteiger partial charge < -0.3 is 14.6 Å². The summed E-state index contributed by atoms with van der Waals surface area (Å²) in [6, 6.07) is 35.4. The fourth-order valence-electron chi connectivity index (χ4n) is 6.48. The molecule has 8 heteroatoms. The average Bonchev–Trinajstić information content (AvgIpc) is 3.61. The number of hydrogen-bond acceptors (Lipinski definition) is 6. The van der Waals surface area contributed by atoms with Crippen LogP contribution >= 0.6 is 0 Å². The number of ketones is 1. The number of fused-ring (bicyclic) bond motifs is 2. The lowest BCUT2D eigenvalue weighted by atomic mass is 9.79. The lowest BCUT2D eigenvalue weighted by molar-refractivity contribution is -0.384. The van der Waals surface area contributed by atoms with E-state index < -0.39 is 16.8 Å². The van der Waals surface area contributed by atoms with Crippen molar-refractivity contribution >= 4 is 23.1 Å². The zero-order chi connectivity index (χ0) is 31.2. The molecule has 2 aliphatic rings. The molecule has 4 aromatic carbocycles. The zero-order valence-electron chi connectivity index (χ0n) is 24.5. The molecule has 1 N–H and O–H groups in total. The monoisotopic (exact) mass is 593 g/mol. The SMILES string of the molecule is COC(=O)C1=C(C)NC2=C(C(=O)c3ccccc32)[C@H]1c1cc(-c2ccccc2)n(-c2ccc([N+](=O)[O-])cc2)c1-c1ccccc1. The van der Waals surface area contributed by atoms with Gasteiger partial charge in [-0.1, -0.05) is 84.9 Å². The van der Waals surface area contributed by atoms with Crippen molar-refractivity contribution in [1.82, 2.24) is 9.88 Å². The normalized spacial score (nSPS) is 15.4. The first kappa shape index (κ1) is 27.8. The van der Waals surface area contributed by atoms with E-state index in [9.17, 15) is 19.7 Å². The number of nitrogens with one attached hydrogen (secondary N) is 1. The van der Waals surface area contributed by atoms with Crippen molar-refractivity contribution in [3.05, 3.63) is 159 Å². The Kier molecular flexibility index (Phi) is 6.74. The number of nitro groups is 1. The van der Waals surface area contributed by atoms with E-state index in [0.29, 0.717) is 33.8 Å². The van der Waals surface area contributed by atoms with Crippen LogP contribution < -0.4 is 5.32 Å². The summed E-state index contributed by atoms with van der Waals surface area (Å²) >= 11 is 0. The van der Waals surface area contributed by atoms with E-state index in [1.807, 2.05) is 96.4 Å². The van der Waals surface area contributed by atoms with E-state index in [1.165, 1.54) is 19.2 Å². The predicted molar refractivity (Wildman–Crippen MR) is 172 cm³/mol. The van der Waals surface area contributed by atoms with Crippen LogP contribution in [0.1, 0.15) is 34.3 Å². The molecular weight excluding hydrogens is 566 g/mol. The van der Waals surface area contributed by atoms with Gasteiger partial charge in [-0.25, -0.2) is 4.79 Å². The van der Waals surface area contributed by atoms with Crippen molar-refractivity contribution in [3.63, 3.8) is 0 Å². The molecule has 2 heterocycles. The number of aromatic nitrogens is 1. The molecule has 7 rings (SSSR count). The Bertz CT molecular complexity index is 2070.